The number of carboxylic acids is 1. The van der Waals surface area contributed by atoms with E-state index in [2.05, 4.69) is 35.0 Å². The Morgan fingerprint density at radius 1 is 1.13 bits per heavy atom. The number of benzene rings is 2. The smallest absolute Gasteiger partial charge is 0.335 e. The molecule has 6 nitrogen and oxygen atoms in total. The molecule has 154 valence electrons. The summed E-state index contributed by atoms with van der Waals surface area (Å²) in [7, 11) is 1.70. The lowest BCUT2D eigenvalue weighted by Crippen LogP contribution is -2.23. The Hall–Kier alpha value is -3.06. The van der Waals surface area contributed by atoms with E-state index in [9.17, 15) is 9.59 Å². The minimum Gasteiger partial charge on any atom is -0.478 e. The number of carbonyl (C=O) groups is 2. The molecule has 30 heavy (non-hydrogen) atoms. The van der Waals surface area contributed by atoms with Gasteiger partial charge in [-0.2, -0.15) is 0 Å². The van der Waals surface area contributed by atoms with E-state index in [4.69, 9.17) is 5.11 Å². The molecule has 0 atom stereocenters. The van der Waals surface area contributed by atoms with Crippen LogP contribution in [0.15, 0.2) is 52.4 Å². The SMILES string of the molecule is Cc1cc(N2CCCC2)ccc1/C=C1\SC(=Nc2ccc(C(=O)O)cc2)N(C)C1=O. The summed E-state index contributed by atoms with van der Waals surface area (Å²) in [6.45, 7) is 4.28. The maximum Gasteiger partial charge on any atom is 0.335 e. The Labute approximate surface area is 179 Å². The maximum atomic E-state index is 12.7. The van der Waals surface area contributed by atoms with E-state index in [0.29, 0.717) is 15.8 Å². The molecule has 2 aromatic rings. The summed E-state index contributed by atoms with van der Waals surface area (Å²) in [4.78, 5) is 32.8. The summed E-state index contributed by atoms with van der Waals surface area (Å²) in [6, 6.07) is 12.7. The Balaban J connectivity index is 1.56. The number of anilines is 1. The number of carboxylic acid groups (broad SMARTS) is 1. The first kappa shape index (κ1) is 20.2. The van der Waals surface area contributed by atoms with Crippen molar-refractivity contribution in [2.24, 2.45) is 4.99 Å². The first-order valence-electron chi connectivity index (χ1n) is 9.87. The molecule has 2 aliphatic rings. The molecule has 0 aliphatic carbocycles. The van der Waals surface area contributed by atoms with Crippen LogP contribution in [0.3, 0.4) is 0 Å². The number of amides is 1. The van der Waals surface area contributed by atoms with Crippen LogP contribution in [0.2, 0.25) is 0 Å². The molecule has 0 unspecified atom stereocenters. The molecule has 1 N–H and O–H groups in total. The van der Waals surface area contributed by atoms with E-state index in [-0.39, 0.29) is 11.5 Å². The van der Waals surface area contributed by atoms with E-state index in [0.717, 1.165) is 24.2 Å². The van der Waals surface area contributed by atoms with Crippen LogP contribution in [0.1, 0.15) is 34.3 Å². The van der Waals surface area contributed by atoms with Crippen molar-refractivity contribution in [3.05, 3.63) is 64.1 Å². The number of likely N-dealkylation sites (N-methyl/N-ethyl adjacent to an activating group) is 1. The van der Waals surface area contributed by atoms with Gasteiger partial charge in [-0.3, -0.25) is 9.69 Å². The number of carbonyl (C=O) groups excluding carboxylic acids is 1. The minimum absolute atomic E-state index is 0.0936. The van der Waals surface area contributed by atoms with Crippen LogP contribution in [-0.2, 0) is 4.79 Å². The number of hydrogen-bond acceptors (Lipinski definition) is 5. The Bertz CT molecular complexity index is 1050. The average molecular weight is 422 g/mol. The number of aryl methyl sites for hydroxylation is 1. The fraction of sp³-hybridized carbons (Fsp3) is 0.261. The molecule has 4 rings (SSSR count). The highest BCUT2D eigenvalue weighted by Crippen LogP contribution is 2.34. The molecule has 2 aliphatic heterocycles. The molecule has 7 heteroatoms. The summed E-state index contributed by atoms with van der Waals surface area (Å²) < 4.78 is 0. The van der Waals surface area contributed by atoms with Crippen LogP contribution < -0.4 is 4.90 Å². The molecule has 2 saturated heterocycles. The van der Waals surface area contributed by atoms with Gasteiger partial charge in [0.1, 0.15) is 0 Å². The first-order valence-corrected chi connectivity index (χ1v) is 10.7. The molecule has 1 amide bonds. The average Bonchev–Trinajstić information content (AvgIpc) is 3.35. The van der Waals surface area contributed by atoms with E-state index < -0.39 is 5.97 Å². The summed E-state index contributed by atoms with van der Waals surface area (Å²) in [6.07, 6.45) is 4.40. The van der Waals surface area contributed by atoms with Crippen molar-refractivity contribution >= 4 is 46.3 Å². The summed E-state index contributed by atoms with van der Waals surface area (Å²) in [5.41, 5.74) is 4.21. The third-order valence-electron chi connectivity index (χ3n) is 5.35. The van der Waals surface area contributed by atoms with Gasteiger partial charge < -0.3 is 10.0 Å². The van der Waals surface area contributed by atoms with Crippen molar-refractivity contribution in [2.45, 2.75) is 19.8 Å². The molecule has 2 fully saturated rings. The number of nitrogens with zero attached hydrogens (tertiary/aromatic N) is 3. The number of aromatic carboxylic acids is 1. The van der Waals surface area contributed by atoms with Crippen LogP contribution in [0.5, 0.6) is 0 Å². The van der Waals surface area contributed by atoms with Crippen molar-refractivity contribution in [1.82, 2.24) is 4.90 Å². The largest absolute Gasteiger partial charge is 0.478 e. The molecule has 0 bridgehead atoms. The Morgan fingerprint density at radius 3 is 2.47 bits per heavy atom. The predicted molar refractivity (Wildman–Crippen MR) is 121 cm³/mol. The van der Waals surface area contributed by atoms with E-state index in [1.807, 2.05) is 6.08 Å². The Morgan fingerprint density at radius 2 is 1.83 bits per heavy atom. The molecular formula is C23H23N3O3S. The molecule has 0 spiro atoms. The number of amidine groups is 1. The van der Waals surface area contributed by atoms with Crippen molar-refractivity contribution in [1.29, 1.82) is 0 Å². The van der Waals surface area contributed by atoms with Crippen molar-refractivity contribution in [2.75, 3.05) is 25.0 Å². The van der Waals surface area contributed by atoms with Gasteiger partial charge in [-0.05, 0) is 85.1 Å². The molecular weight excluding hydrogens is 398 g/mol. The van der Waals surface area contributed by atoms with Gasteiger partial charge in [0, 0.05) is 25.8 Å². The maximum absolute atomic E-state index is 12.7. The number of rotatable bonds is 4. The molecule has 2 heterocycles. The fourth-order valence-corrected chi connectivity index (χ4v) is 4.55. The van der Waals surface area contributed by atoms with E-state index in [1.54, 1.807) is 19.2 Å². The Kier molecular flexibility index (Phi) is 5.63. The minimum atomic E-state index is -0.979. The van der Waals surface area contributed by atoms with Crippen molar-refractivity contribution in [3.63, 3.8) is 0 Å². The summed E-state index contributed by atoms with van der Waals surface area (Å²) >= 11 is 1.33. The van der Waals surface area contributed by atoms with Crippen molar-refractivity contribution in [3.8, 4) is 0 Å². The van der Waals surface area contributed by atoms with Crippen LogP contribution >= 0.6 is 11.8 Å². The third-order valence-corrected chi connectivity index (χ3v) is 6.41. The van der Waals surface area contributed by atoms with Crippen LogP contribution in [-0.4, -0.2) is 47.2 Å². The second-order valence-corrected chi connectivity index (χ2v) is 8.47. The number of aliphatic imine (C=N–C) groups is 1. The van der Waals surface area contributed by atoms with Crippen LogP contribution in [0.4, 0.5) is 11.4 Å². The lowest BCUT2D eigenvalue weighted by molar-refractivity contribution is -0.121. The first-order chi connectivity index (χ1) is 14.4. The lowest BCUT2D eigenvalue weighted by atomic mass is 10.1. The van der Waals surface area contributed by atoms with Crippen LogP contribution in [0.25, 0.3) is 6.08 Å². The van der Waals surface area contributed by atoms with Gasteiger partial charge in [-0.15, -0.1) is 0 Å². The zero-order chi connectivity index (χ0) is 21.3. The van der Waals surface area contributed by atoms with Gasteiger partial charge in [0.25, 0.3) is 5.91 Å². The van der Waals surface area contributed by atoms with Gasteiger partial charge in [-0.1, -0.05) is 6.07 Å². The van der Waals surface area contributed by atoms with Crippen molar-refractivity contribution < 1.29 is 14.7 Å². The van der Waals surface area contributed by atoms with Crippen LogP contribution in [0, 0.1) is 6.92 Å². The fourth-order valence-electron chi connectivity index (χ4n) is 3.58. The highest BCUT2D eigenvalue weighted by Gasteiger charge is 2.30. The van der Waals surface area contributed by atoms with Gasteiger partial charge in [-0.25, -0.2) is 9.79 Å². The monoisotopic (exact) mass is 421 g/mol. The predicted octanol–water partition coefficient (Wildman–Crippen LogP) is 4.53. The van der Waals surface area contributed by atoms with E-state index in [1.165, 1.54) is 47.3 Å². The standard InChI is InChI=1S/C23H23N3O3S/c1-15-13-19(26-11-3-4-12-26)10-7-17(15)14-20-21(27)25(2)23(30-20)24-18-8-5-16(6-9-18)22(28)29/h5-10,13-14H,3-4,11-12H2,1-2H3,(H,28,29)/b20-14-,24-23?. The van der Waals surface area contributed by atoms with E-state index >= 15 is 0 Å². The third kappa shape index (κ3) is 4.11. The lowest BCUT2D eigenvalue weighted by Gasteiger charge is -2.18. The second kappa shape index (κ2) is 8.36. The highest BCUT2D eigenvalue weighted by atomic mass is 32.2. The summed E-state index contributed by atoms with van der Waals surface area (Å²) in [5.74, 6) is -1.07. The van der Waals surface area contributed by atoms with Gasteiger partial charge in [0.2, 0.25) is 0 Å². The molecule has 0 radical (unpaired) electrons. The van der Waals surface area contributed by atoms with Gasteiger partial charge in [0.15, 0.2) is 5.17 Å². The molecule has 0 aromatic heterocycles. The number of hydrogen-bond donors (Lipinski definition) is 1. The highest BCUT2D eigenvalue weighted by molar-refractivity contribution is 8.18. The second-order valence-electron chi connectivity index (χ2n) is 7.46. The topological polar surface area (TPSA) is 73.2 Å². The number of thioether (sulfide) groups is 1. The van der Waals surface area contributed by atoms with Gasteiger partial charge in [0.05, 0.1) is 16.2 Å². The molecule has 2 aromatic carbocycles. The zero-order valence-corrected chi connectivity index (χ0v) is 17.8. The molecule has 0 saturated carbocycles. The quantitative estimate of drug-likeness (QED) is 0.735. The normalized spacial score (nSPS) is 19.3. The summed E-state index contributed by atoms with van der Waals surface area (Å²) in [5, 5.41) is 9.58. The zero-order valence-electron chi connectivity index (χ0n) is 17.0. The van der Waals surface area contributed by atoms with Gasteiger partial charge >= 0.3 is 5.97 Å².